The van der Waals surface area contributed by atoms with Crippen LogP contribution in [0.4, 0.5) is 17.1 Å². The largest absolute Gasteiger partial charge is 0.366 e. The summed E-state index contributed by atoms with van der Waals surface area (Å²) >= 11 is 0. The Bertz CT molecular complexity index is 937. The fourth-order valence-corrected chi connectivity index (χ4v) is 3.50. The van der Waals surface area contributed by atoms with E-state index in [0.29, 0.717) is 17.8 Å². The summed E-state index contributed by atoms with van der Waals surface area (Å²) in [5, 5.41) is 17.2. The van der Waals surface area contributed by atoms with Gasteiger partial charge in [-0.15, -0.1) is 0 Å². The average Bonchev–Trinajstić information content (AvgIpc) is 3.28. The van der Waals surface area contributed by atoms with Crippen molar-refractivity contribution in [3.05, 3.63) is 63.7 Å². The van der Waals surface area contributed by atoms with Crippen molar-refractivity contribution in [2.75, 3.05) is 23.3 Å². The molecule has 0 saturated carbocycles. The molecule has 1 heterocycles. The molecule has 1 atom stereocenters. The fourth-order valence-electron chi connectivity index (χ4n) is 3.50. The highest BCUT2D eigenvalue weighted by molar-refractivity contribution is 5.96. The number of hydrogen-bond acceptors (Lipinski definition) is 5. The lowest BCUT2D eigenvalue weighted by molar-refractivity contribution is -0.384. The molecule has 2 amide bonds. The molecule has 30 heavy (non-hydrogen) atoms. The van der Waals surface area contributed by atoms with Crippen LogP contribution in [0.15, 0.2) is 42.5 Å². The lowest BCUT2D eigenvalue weighted by atomic mass is 10.1. The minimum Gasteiger partial charge on any atom is -0.366 e. The van der Waals surface area contributed by atoms with Gasteiger partial charge in [-0.3, -0.25) is 19.7 Å². The van der Waals surface area contributed by atoms with Crippen molar-refractivity contribution < 1.29 is 14.5 Å². The summed E-state index contributed by atoms with van der Waals surface area (Å²) in [5.41, 5.74) is 2.32. The molecule has 2 N–H and O–H groups in total. The number of hydrogen-bond donors (Lipinski definition) is 2. The van der Waals surface area contributed by atoms with Crippen LogP contribution in [0.1, 0.15) is 55.1 Å². The van der Waals surface area contributed by atoms with Crippen LogP contribution in [0.5, 0.6) is 0 Å². The first kappa shape index (κ1) is 21.3. The van der Waals surface area contributed by atoms with Crippen molar-refractivity contribution >= 4 is 28.9 Å². The molecule has 1 aliphatic heterocycles. The van der Waals surface area contributed by atoms with E-state index in [0.717, 1.165) is 31.5 Å². The molecule has 8 nitrogen and oxygen atoms in total. The van der Waals surface area contributed by atoms with Crippen molar-refractivity contribution in [3.8, 4) is 0 Å². The standard InChI is InChI=1S/C22H26N4O4/c1-3-21(27)24-18-9-6-16(7-10-18)15(2)23-22(28)17-8-11-19(20(14-17)26(29)30)25-12-4-5-13-25/h6-11,14-15H,3-5,12-13H2,1-2H3,(H,23,28)(H,24,27). The normalized spacial score (nSPS) is 14.3. The minimum atomic E-state index is -0.433. The second-order valence-electron chi connectivity index (χ2n) is 7.37. The monoisotopic (exact) mass is 410 g/mol. The van der Waals surface area contributed by atoms with E-state index in [4.69, 9.17) is 0 Å². The summed E-state index contributed by atoms with van der Waals surface area (Å²) in [5.74, 6) is -0.440. The highest BCUT2D eigenvalue weighted by Crippen LogP contribution is 2.31. The molecule has 2 aromatic rings. The Morgan fingerprint density at radius 2 is 1.80 bits per heavy atom. The molecule has 1 saturated heterocycles. The van der Waals surface area contributed by atoms with Gasteiger partial charge >= 0.3 is 0 Å². The number of rotatable bonds is 7. The first-order chi connectivity index (χ1) is 14.4. The molecule has 2 aromatic carbocycles. The number of benzene rings is 2. The van der Waals surface area contributed by atoms with Crippen molar-refractivity contribution in [3.63, 3.8) is 0 Å². The van der Waals surface area contributed by atoms with Crippen LogP contribution in [-0.4, -0.2) is 29.8 Å². The lowest BCUT2D eigenvalue weighted by Crippen LogP contribution is -2.27. The summed E-state index contributed by atoms with van der Waals surface area (Å²) in [6.07, 6.45) is 2.42. The number of carbonyl (C=O) groups excluding carboxylic acids is 2. The predicted molar refractivity (Wildman–Crippen MR) is 116 cm³/mol. The summed E-state index contributed by atoms with van der Waals surface area (Å²) in [6.45, 7) is 5.20. The maximum Gasteiger partial charge on any atom is 0.293 e. The third-order valence-corrected chi connectivity index (χ3v) is 5.24. The molecule has 0 aromatic heterocycles. The van der Waals surface area contributed by atoms with Crippen molar-refractivity contribution in [1.29, 1.82) is 0 Å². The molecular weight excluding hydrogens is 384 g/mol. The third kappa shape index (κ3) is 4.94. The zero-order valence-corrected chi connectivity index (χ0v) is 17.2. The van der Waals surface area contributed by atoms with Crippen LogP contribution in [0, 0.1) is 10.1 Å². The number of nitrogens with one attached hydrogen (secondary N) is 2. The Morgan fingerprint density at radius 1 is 1.13 bits per heavy atom. The molecule has 3 rings (SSSR count). The average molecular weight is 410 g/mol. The van der Waals surface area contributed by atoms with Gasteiger partial charge in [0.2, 0.25) is 5.91 Å². The molecule has 0 aliphatic carbocycles. The molecule has 1 unspecified atom stereocenters. The van der Waals surface area contributed by atoms with Gasteiger partial charge in [-0.05, 0) is 49.6 Å². The van der Waals surface area contributed by atoms with Gasteiger partial charge < -0.3 is 15.5 Å². The van der Waals surface area contributed by atoms with Crippen molar-refractivity contribution in [2.45, 2.75) is 39.2 Å². The molecular formula is C22H26N4O4. The summed E-state index contributed by atoms with van der Waals surface area (Å²) in [7, 11) is 0. The van der Waals surface area contributed by atoms with Gasteiger partial charge in [0.25, 0.3) is 11.6 Å². The first-order valence-corrected chi connectivity index (χ1v) is 10.1. The van der Waals surface area contributed by atoms with Crippen LogP contribution in [0.2, 0.25) is 0 Å². The molecule has 158 valence electrons. The van der Waals surface area contributed by atoms with Gasteiger partial charge in [0, 0.05) is 36.8 Å². The van der Waals surface area contributed by atoms with Crippen LogP contribution in [0.25, 0.3) is 0 Å². The van der Waals surface area contributed by atoms with E-state index in [2.05, 4.69) is 10.6 Å². The van der Waals surface area contributed by atoms with Gasteiger partial charge in [-0.25, -0.2) is 0 Å². The van der Waals surface area contributed by atoms with Gasteiger partial charge in [0.1, 0.15) is 5.69 Å². The Morgan fingerprint density at radius 3 is 2.40 bits per heavy atom. The molecule has 1 fully saturated rings. The number of nitro benzene ring substituents is 1. The van der Waals surface area contributed by atoms with Crippen LogP contribution >= 0.6 is 0 Å². The molecule has 0 spiro atoms. The van der Waals surface area contributed by atoms with E-state index in [1.807, 2.05) is 24.0 Å². The lowest BCUT2D eigenvalue weighted by Gasteiger charge is -2.18. The fraction of sp³-hybridized carbons (Fsp3) is 0.364. The SMILES string of the molecule is CCC(=O)Nc1ccc(C(C)NC(=O)c2ccc(N3CCCC3)c([N+](=O)[O-])c2)cc1. The number of nitrogens with zero attached hydrogens (tertiary/aromatic N) is 2. The maximum atomic E-state index is 12.7. The zero-order valence-electron chi connectivity index (χ0n) is 17.2. The van der Waals surface area contributed by atoms with Crippen molar-refractivity contribution in [1.82, 2.24) is 5.32 Å². The minimum absolute atomic E-state index is 0.0479. The second-order valence-corrected chi connectivity index (χ2v) is 7.37. The zero-order chi connectivity index (χ0) is 21.7. The highest BCUT2D eigenvalue weighted by atomic mass is 16.6. The topological polar surface area (TPSA) is 105 Å². The number of amides is 2. The Balaban J connectivity index is 1.71. The second kappa shape index (κ2) is 9.39. The van der Waals surface area contributed by atoms with E-state index >= 15 is 0 Å². The van der Waals surface area contributed by atoms with Gasteiger partial charge in [-0.1, -0.05) is 19.1 Å². The summed E-state index contributed by atoms with van der Waals surface area (Å²) in [4.78, 5) is 37.2. The van der Waals surface area contributed by atoms with Crippen LogP contribution in [0.3, 0.4) is 0 Å². The van der Waals surface area contributed by atoms with E-state index < -0.39 is 4.92 Å². The van der Waals surface area contributed by atoms with E-state index in [9.17, 15) is 19.7 Å². The van der Waals surface area contributed by atoms with Gasteiger partial charge in [0.15, 0.2) is 0 Å². The smallest absolute Gasteiger partial charge is 0.293 e. The summed E-state index contributed by atoms with van der Waals surface area (Å²) < 4.78 is 0. The van der Waals surface area contributed by atoms with E-state index in [1.54, 1.807) is 31.2 Å². The molecule has 0 radical (unpaired) electrons. The Hall–Kier alpha value is -3.42. The predicted octanol–water partition coefficient (Wildman–Crippen LogP) is 4.03. The number of nitro groups is 1. The number of carbonyl (C=O) groups is 2. The molecule has 0 bridgehead atoms. The van der Waals surface area contributed by atoms with Gasteiger partial charge in [0.05, 0.1) is 11.0 Å². The van der Waals surface area contributed by atoms with Crippen LogP contribution in [-0.2, 0) is 4.79 Å². The van der Waals surface area contributed by atoms with Gasteiger partial charge in [-0.2, -0.15) is 0 Å². The van der Waals surface area contributed by atoms with E-state index in [1.165, 1.54) is 6.07 Å². The quantitative estimate of drug-likeness (QED) is 0.530. The highest BCUT2D eigenvalue weighted by Gasteiger charge is 2.24. The Labute approximate surface area is 175 Å². The van der Waals surface area contributed by atoms with E-state index in [-0.39, 0.29) is 29.1 Å². The maximum absolute atomic E-state index is 12.7. The molecule has 1 aliphatic rings. The first-order valence-electron chi connectivity index (χ1n) is 10.1. The third-order valence-electron chi connectivity index (χ3n) is 5.24. The number of anilines is 2. The van der Waals surface area contributed by atoms with Crippen LogP contribution < -0.4 is 15.5 Å². The van der Waals surface area contributed by atoms with Crippen molar-refractivity contribution in [2.24, 2.45) is 0 Å². The Kier molecular flexibility index (Phi) is 6.66. The molecule has 8 heteroatoms. The summed E-state index contributed by atoms with van der Waals surface area (Å²) in [6, 6.07) is 11.6.